The highest BCUT2D eigenvalue weighted by atomic mass is 35.5. The lowest BCUT2D eigenvalue weighted by molar-refractivity contribution is 0.232. The molecule has 0 aliphatic rings. The number of halogens is 2. The first-order valence-corrected chi connectivity index (χ1v) is 6.13. The molecule has 100 valence electrons. The third kappa shape index (κ3) is 3.79. The van der Waals surface area contributed by atoms with Gasteiger partial charge in [-0.1, -0.05) is 11.6 Å². The molecule has 19 heavy (non-hydrogen) atoms. The van der Waals surface area contributed by atoms with E-state index in [0.29, 0.717) is 17.4 Å². The normalized spacial score (nSPS) is 10.6. The maximum atomic E-state index is 13.0. The molecule has 1 aromatic carbocycles. The van der Waals surface area contributed by atoms with Crippen LogP contribution in [0.1, 0.15) is 13.8 Å². The molecule has 0 aliphatic heterocycles. The summed E-state index contributed by atoms with van der Waals surface area (Å²) in [5.41, 5.74) is 0.639. The molecule has 2 rings (SSSR count). The summed E-state index contributed by atoms with van der Waals surface area (Å²) >= 11 is 5.71. The second-order valence-corrected chi connectivity index (χ2v) is 4.57. The third-order valence-corrected chi connectivity index (χ3v) is 2.48. The van der Waals surface area contributed by atoms with E-state index in [0.717, 1.165) is 0 Å². The minimum atomic E-state index is -0.460. The van der Waals surface area contributed by atoms with Crippen molar-refractivity contribution < 1.29 is 9.13 Å². The van der Waals surface area contributed by atoms with Crippen molar-refractivity contribution in [3.63, 3.8) is 0 Å². The Morgan fingerprint density at radius 3 is 2.74 bits per heavy atom. The summed E-state index contributed by atoms with van der Waals surface area (Å²) in [7, 11) is 0. The van der Waals surface area contributed by atoms with Crippen LogP contribution in [0.5, 0.6) is 5.88 Å². The van der Waals surface area contributed by atoms with Crippen LogP contribution in [0.15, 0.2) is 30.6 Å². The number of aromatic nitrogens is 2. The van der Waals surface area contributed by atoms with Gasteiger partial charge in [0.25, 0.3) is 0 Å². The van der Waals surface area contributed by atoms with Crippen LogP contribution in [0.3, 0.4) is 0 Å². The van der Waals surface area contributed by atoms with Crippen molar-refractivity contribution in [2.75, 3.05) is 5.32 Å². The molecule has 0 spiro atoms. The van der Waals surface area contributed by atoms with Crippen LogP contribution < -0.4 is 10.1 Å². The number of ether oxygens (including phenoxy) is 1. The summed E-state index contributed by atoms with van der Waals surface area (Å²) in [5.74, 6) is 0.563. The first kappa shape index (κ1) is 13.5. The van der Waals surface area contributed by atoms with Crippen molar-refractivity contribution in [3.05, 3.63) is 41.4 Å². The van der Waals surface area contributed by atoms with Crippen LogP contribution in [0.2, 0.25) is 5.02 Å². The van der Waals surface area contributed by atoms with Gasteiger partial charge >= 0.3 is 0 Å². The monoisotopic (exact) mass is 281 g/mol. The molecule has 4 nitrogen and oxygen atoms in total. The maximum absolute atomic E-state index is 13.0. The number of rotatable bonds is 4. The van der Waals surface area contributed by atoms with Gasteiger partial charge in [0.15, 0.2) is 0 Å². The molecule has 0 fully saturated rings. The van der Waals surface area contributed by atoms with E-state index in [1.807, 2.05) is 13.8 Å². The number of anilines is 2. The zero-order chi connectivity index (χ0) is 13.8. The Kier molecular flexibility index (Phi) is 4.16. The third-order valence-electron chi connectivity index (χ3n) is 2.19. The molecular formula is C13H13ClFN3O. The highest BCUT2D eigenvalue weighted by molar-refractivity contribution is 6.31. The zero-order valence-corrected chi connectivity index (χ0v) is 11.3. The van der Waals surface area contributed by atoms with Gasteiger partial charge < -0.3 is 10.1 Å². The topological polar surface area (TPSA) is 47.0 Å². The van der Waals surface area contributed by atoms with Crippen molar-refractivity contribution >= 4 is 23.1 Å². The number of benzene rings is 1. The number of hydrogen-bond acceptors (Lipinski definition) is 4. The Morgan fingerprint density at radius 2 is 2.05 bits per heavy atom. The van der Waals surface area contributed by atoms with Crippen LogP contribution in [0.4, 0.5) is 15.9 Å². The lowest BCUT2D eigenvalue weighted by Gasteiger charge is -2.10. The molecule has 1 N–H and O–H groups in total. The average molecular weight is 282 g/mol. The van der Waals surface area contributed by atoms with Gasteiger partial charge in [-0.05, 0) is 32.0 Å². The van der Waals surface area contributed by atoms with E-state index in [9.17, 15) is 4.39 Å². The molecule has 0 bridgehead atoms. The number of hydrogen-bond donors (Lipinski definition) is 1. The molecule has 1 heterocycles. The summed E-state index contributed by atoms with van der Waals surface area (Å²) in [5, 5.41) is 3.06. The molecule has 0 amide bonds. The van der Waals surface area contributed by atoms with E-state index in [1.54, 1.807) is 12.1 Å². The molecule has 0 unspecified atom stereocenters. The maximum Gasteiger partial charge on any atom is 0.218 e. The van der Waals surface area contributed by atoms with Crippen LogP contribution in [0.25, 0.3) is 0 Å². The van der Waals surface area contributed by atoms with Gasteiger partial charge in [0.05, 0.1) is 11.1 Å². The Hall–Kier alpha value is -1.88. The van der Waals surface area contributed by atoms with Gasteiger partial charge in [-0.2, -0.15) is 0 Å². The van der Waals surface area contributed by atoms with E-state index in [1.165, 1.54) is 18.5 Å². The molecular weight excluding hydrogens is 269 g/mol. The van der Waals surface area contributed by atoms with Crippen molar-refractivity contribution in [1.82, 2.24) is 9.97 Å². The fourth-order valence-electron chi connectivity index (χ4n) is 1.44. The van der Waals surface area contributed by atoms with Gasteiger partial charge in [-0.25, -0.2) is 14.4 Å². The molecule has 1 aromatic heterocycles. The SMILES string of the molecule is CC(C)Oc1cc(Nc2ccc(F)c(Cl)c2)ncn1. The smallest absolute Gasteiger partial charge is 0.218 e. The summed E-state index contributed by atoms with van der Waals surface area (Å²) in [6.07, 6.45) is 1.42. The second kappa shape index (κ2) is 5.84. The first-order valence-electron chi connectivity index (χ1n) is 5.75. The quantitative estimate of drug-likeness (QED) is 0.926. The molecule has 0 saturated carbocycles. The van der Waals surface area contributed by atoms with E-state index < -0.39 is 5.82 Å². The Labute approximate surface area is 115 Å². The predicted molar refractivity (Wildman–Crippen MR) is 72.5 cm³/mol. The van der Waals surface area contributed by atoms with Gasteiger partial charge in [0, 0.05) is 11.8 Å². The highest BCUT2D eigenvalue weighted by Crippen LogP contribution is 2.23. The molecule has 0 radical (unpaired) electrons. The van der Waals surface area contributed by atoms with Crippen molar-refractivity contribution in [3.8, 4) is 5.88 Å². The molecule has 2 aromatic rings. The second-order valence-electron chi connectivity index (χ2n) is 4.16. The molecule has 0 saturated heterocycles. The molecule has 0 aliphatic carbocycles. The lowest BCUT2D eigenvalue weighted by Crippen LogP contribution is -2.07. The summed E-state index contributed by atoms with van der Waals surface area (Å²) in [6.45, 7) is 3.82. The highest BCUT2D eigenvalue weighted by Gasteiger charge is 2.04. The van der Waals surface area contributed by atoms with E-state index in [2.05, 4.69) is 15.3 Å². The first-order chi connectivity index (χ1) is 9.04. The minimum Gasteiger partial charge on any atom is -0.475 e. The van der Waals surface area contributed by atoms with Crippen LogP contribution in [-0.4, -0.2) is 16.1 Å². The van der Waals surface area contributed by atoms with E-state index >= 15 is 0 Å². The number of nitrogens with zero attached hydrogens (tertiary/aromatic N) is 2. The predicted octanol–water partition coefficient (Wildman–Crippen LogP) is 3.80. The van der Waals surface area contributed by atoms with E-state index in [-0.39, 0.29) is 11.1 Å². The van der Waals surface area contributed by atoms with Gasteiger partial charge in [-0.3, -0.25) is 0 Å². The Morgan fingerprint density at radius 1 is 1.26 bits per heavy atom. The lowest BCUT2D eigenvalue weighted by atomic mass is 10.3. The fraction of sp³-hybridized carbons (Fsp3) is 0.231. The zero-order valence-electron chi connectivity index (χ0n) is 10.5. The van der Waals surface area contributed by atoms with Gasteiger partial charge in [0.1, 0.15) is 18.0 Å². The summed E-state index contributed by atoms with van der Waals surface area (Å²) < 4.78 is 18.5. The van der Waals surface area contributed by atoms with Crippen LogP contribution in [-0.2, 0) is 0 Å². The fourth-order valence-corrected chi connectivity index (χ4v) is 1.62. The van der Waals surface area contributed by atoms with Gasteiger partial charge in [0.2, 0.25) is 5.88 Å². The molecule has 6 heteroatoms. The largest absolute Gasteiger partial charge is 0.475 e. The Bertz CT molecular complexity index is 578. The van der Waals surface area contributed by atoms with Crippen molar-refractivity contribution in [1.29, 1.82) is 0 Å². The Balaban J connectivity index is 2.16. The average Bonchev–Trinajstić information content (AvgIpc) is 2.33. The van der Waals surface area contributed by atoms with Crippen molar-refractivity contribution in [2.24, 2.45) is 0 Å². The minimum absolute atomic E-state index is 0.0306. The van der Waals surface area contributed by atoms with E-state index in [4.69, 9.17) is 16.3 Å². The molecule has 0 atom stereocenters. The number of nitrogens with one attached hydrogen (secondary N) is 1. The van der Waals surface area contributed by atoms with Gasteiger partial charge in [-0.15, -0.1) is 0 Å². The van der Waals surface area contributed by atoms with Crippen molar-refractivity contribution in [2.45, 2.75) is 20.0 Å². The summed E-state index contributed by atoms with van der Waals surface area (Å²) in [6, 6.07) is 6.02. The standard InChI is InChI=1S/C13H13ClFN3O/c1-8(2)19-13-6-12(16-7-17-13)18-9-3-4-11(15)10(14)5-9/h3-8H,1-2H3,(H,16,17,18). The van der Waals surface area contributed by atoms with Crippen LogP contribution in [0, 0.1) is 5.82 Å². The van der Waals surface area contributed by atoms with Crippen LogP contribution >= 0.6 is 11.6 Å². The summed E-state index contributed by atoms with van der Waals surface area (Å²) in [4.78, 5) is 8.05.